The minimum absolute atomic E-state index is 0.302. The van der Waals surface area contributed by atoms with Crippen LogP contribution < -0.4 is 0 Å². The molecule has 3 rings (SSSR count). The number of para-hydroxylation sites is 1. The third kappa shape index (κ3) is 2.72. The molecule has 21 heavy (non-hydrogen) atoms. The summed E-state index contributed by atoms with van der Waals surface area (Å²) in [6.07, 6.45) is 0.307. The van der Waals surface area contributed by atoms with Crippen LogP contribution in [0.1, 0.15) is 42.2 Å². The Hall–Kier alpha value is -2.06. The second kappa shape index (κ2) is 5.74. The van der Waals surface area contributed by atoms with Crippen molar-refractivity contribution < 1.29 is 5.11 Å². The number of aromatic amines is 1. The number of benzene rings is 2. The summed E-state index contributed by atoms with van der Waals surface area (Å²) in [6, 6.07) is 18.3. The molecule has 2 atom stereocenters. The van der Waals surface area contributed by atoms with Crippen molar-refractivity contribution >= 4 is 10.9 Å². The van der Waals surface area contributed by atoms with E-state index in [0.717, 1.165) is 12.0 Å². The minimum atomic E-state index is -0.422. The van der Waals surface area contributed by atoms with E-state index < -0.39 is 6.10 Å². The van der Waals surface area contributed by atoms with Gasteiger partial charge in [0.15, 0.2) is 0 Å². The summed E-state index contributed by atoms with van der Waals surface area (Å²) in [5.41, 5.74) is 4.68. The van der Waals surface area contributed by atoms with E-state index in [-0.39, 0.29) is 0 Å². The van der Waals surface area contributed by atoms with E-state index in [1.165, 1.54) is 22.2 Å². The average Bonchev–Trinajstić information content (AvgIpc) is 2.83. The van der Waals surface area contributed by atoms with E-state index in [4.69, 9.17) is 0 Å². The lowest BCUT2D eigenvalue weighted by molar-refractivity contribution is 0.159. The molecular formula is C19H21NO. The summed E-state index contributed by atoms with van der Waals surface area (Å²) in [4.78, 5) is 3.44. The SMILES string of the molecule is Cc1[nH]c2ccccc2c1[C@@H](C)C[C@H](O)c1ccccc1. The summed E-state index contributed by atoms with van der Waals surface area (Å²) in [5.74, 6) is 0.302. The Morgan fingerprint density at radius 1 is 1.00 bits per heavy atom. The van der Waals surface area contributed by atoms with Crippen LogP contribution in [0.2, 0.25) is 0 Å². The lowest BCUT2D eigenvalue weighted by Crippen LogP contribution is -2.04. The molecule has 2 nitrogen and oxygen atoms in total. The van der Waals surface area contributed by atoms with Crippen molar-refractivity contribution in [2.24, 2.45) is 0 Å². The molecule has 3 aromatic rings. The Balaban J connectivity index is 1.87. The molecule has 0 saturated carbocycles. The quantitative estimate of drug-likeness (QED) is 0.713. The van der Waals surface area contributed by atoms with Crippen molar-refractivity contribution in [2.75, 3.05) is 0 Å². The van der Waals surface area contributed by atoms with Gasteiger partial charge in [-0.1, -0.05) is 55.5 Å². The number of H-pyrrole nitrogens is 1. The lowest BCUT2D eigenvalue weighted by atomic mass is 9.90. The molecule has 0 fully saturated rings. The van der Waals surface area contributed by atoms with Gasteiger partial charge in [0.2, 0.25) is 0 Å². The van der Waals surface area contributed by atoms with Crippen LogP contribution in [0.3, 0.4) is 0 Å². The van der Waals surface area contributed by atoms with E-state index >= 15 is 0 Å². The third-order valence-corrected chi connectivity index (χ3v) is 4.20. The van der Waals surface area contributed by atoms with Gasteiger partial charge in [0.25, 0.3) is 0 Å². The highest BCUT2D eigenvalue weighted by Gasteiger charge is 2.18. The standard InChI is InChI=1S/C19H21NO/c1-13(12-18(21)15-8-4-3-5-9-15)19-14(2)20-17-11-7-6-10-16(17)19/h3-11,13,18,20-21H,12H2,1-2H3/t13-,18-/m0/s1. The van der Waals surface area contributed by atoms with E-state index in [2.05, 4.69) is 37.0 Å². The lowest BCUT2D eigenvalue weighted by Gasteiger charge is -2.17. The van der Waals surface area contributed by atoms with Gasteiger partial charge in [-0.2, -0.15) is 0 Å². The molecule has 2 aromatic carbocycles. The van der Waals surface area contributed by atoms with Gasteiger partial charge in [-0.25, -0.2) is 0 Å². The van der Waals surface area contributed by atoms with E-state index in [9.17, 15) is 5.11 Å². The highest BCUT2D eigenvalue weighted by molar-refractivity contribution is 5.85. The van der Waals surface area contributed by atoms with Crippen LogP contribution in [0.5, 0.6) is 0 Å². The molecule has 0 aliphatic carbocycles. The summed E-state index contributed by atoms with van der Waals surface area (Å²) in [6.45, 7) is 4.30. The molecule has 0 spiro atoms. The molecule has 0 radical (unpaired) electrons. The van der Waals surface area contributed by atoms with Crippen molar-refractivity contribution in [1.82, 2.24) is 4.98 Å². The average molecular weight is 279 g/mol. The minimum Gasteiger partial charge on any atom is -0.388 e. The zero-order chi connectivity index (χ0) is 14.8. The summed E-state index contributed by atoms with van der Waals surface area (Å²) in [7, 11) is 0. The maximum Gasteiger partial charge on any atom is 0.0795 e. The van der Waals surface area contributed by atoms with Gasteiger partial charge in [0.1, 0.15) is 0 Å². The van der Waals surface area contributed by atoms with Gasteiger partial charge in [-0.3, -0.25) is 0 Å². The van der Waals surface area contributed by atoms with E-state index in [1.54, 1.807) is 0 Å². The Labute approximate surface area is 125 Å². The highest BCUT2D eigenvalue weighted by atomic mass is 16.3. The first kappa shape index (κ1) is 13.9. The van der Waals surface area contributed by atoms with Crippen LogP contribution in [0.4, 0.5) is 0 Å². The van der Waals surface area contributed by atoms with Gasteiger partial charge in [-0.05, 0) is 36.5 Å². The monoisotopic (exact) mass is 279 g/mol. The number of hydrogen-bond donors (Lipinski definition) is 2. The number of fused-ring (bicyclic) bond motifs is 1. The Morgan fingerprint density at radius 3 is 2.43 bits per heavy atom. The molecule has 0 saturated heterocycles. The fraction of sp³-hybridized carbons (Fsp3) is 0.263. The molecule has 0 amide bonds. The Kier molecular flexibility index (Phi) is 3.80. The van der Waals surface area contributed by atoms with Crippen molar-refractivity contribution in [2.45, 2.75) is 32.3 Å². The Morgan fingerprint density at radius 2 is 1.67 bits per heavy atom. The summed E-state index contributed by atoms with van der Waals surface area (Å²) < 4.78 is 0. The predicted octanol–water partition coefficient (Wildman–Crippen LogP) is 4.70. The molecule has 0 bridgehead atoms. The van der Waals surface area contributed by atoms with Crippen LogP contribution in [0, 0.1) is 6.92 Å². The number of aryl methyl sites for hydroxylation is 1. The zero-order valence-electron chi connectivity index (χ0n) is 12.5. The van der Waals surface area contributed by atoms with Crippen LogP contribution in [0.15, 0.2) is 54.6 Å². The smallest absolute Gasteiger partial charge is 0.0795 e. The molecule has 1 aromatic heterocycles. The number of aromatic nitrogens is 1. The van der Waals surface area contributed by atoms with Crippen molar-refractivity contribution in [1.29, 1.82) is 0 Å². The molecule has 0 aliphatic heterocycles. The Bertz CT molecular complexity index is 730. The molecule has 1 heterocycles. The normalized spacial score (nSPS) is 14.2. The second-order valence-electron chi connectivity index (χ2n) is 5.77. The van der Waals surface area contributed by atoms with Crippen LogP contribution in [-0.4, -0.2) is 10.1 Å². The van der Waals surface area contributed by atoms with Crippen LogP contribution in [0.25, 0.3) is 10.9 Å². The number of aliphatic hydroxyl groups is 1. The number of nitrogens with one attached hydrogen (secondary N) is 1. The van der Waals surface area contributed by atoms with Gasteiger partial charge < -0.3 is 10.1 Å². The first-order valence-corrected chi connectivity index (χ1v) is 7.47. The predicted molar refractivity (Wildman–Crippen MR) is 87.5 cm³/mol. The summed E-state index contributed by atoms with van der Waals surface area (Å²) >= 11 is 0. The second-order valence-corrected chi connectivity index (χ2v) is 5.77. The van der Waals surface area contributed by atoms with Crippen molar-refractivity contribution in [3.8, 4) is 0 Å². The number of hydrogen-bond acceptors (Lipinski definition) is 1. The highest BCUT2D eigenvalue weighted by Crippen LogP contribution is 2.34. The zero-order valence-corrected chi connectivity index (χ0v) is 12.5. The molecule has 2 heteroatoms. The number of rotatable bonds is 4. The number of aliphatic hydroxyl groups excluding tert-OH is 1. The van der Waals surface area contributed by atoms with Crippen LogP contribution in [-0.2, 0) is 0 Å². The first-order valence-electron chi connectivity index (χ1n) is 7.47. The van der Waals surface area contributed by atoms with Gasteiger partial charge in [-0.15, -0.1) is 0 Å². The largest absolute Gasteiger partial charge is 0.388 e. The molecule has 0 aliphatic rings. The maximum atomic E-state index is 10.4. The maximum absolute atomic E-state index is 10.4. The van der Waals surface area contributed by atoms with Crippen molar-refractivity contribution in [3.63, 3.8) is 0 Å². The first-order chi connectivity index (χ1) is 10.2. The molecule has 108 valence electrons. The van der Waals surface area contributed by atoms with Crippen LogP contribution >= 0.6 is 0 Å². The van der Waals surface area contributed by atoms with Crippen molar-refractivity contribution in [3.05, 3.63) is 71.4 Å². The van der Waals surface area contributed by atoms with Gasteiger partial charge in [0, 0.05) is 16.6 Å². The topological polar surface area (TPSA) is 36.0 Å². The van der Waals surface area contributed by atoms with Gasteiger partial charge >= 0.3 is 0 Å². The summed E-state index contributed by atoms with van der Waals surface area (Å²) in [5, 5.41) is 11.7. The van der Waals surface area contributed by atoms with Gasteiger partial charge in [0.05, 0.1) is 6.10 Å². The fourth-order valence-corrected chi connectivity index (χ4v) is 3.20. The molecule has 2 N–H and O–H groups in total. The molecule has 0 unspecified atom stereocenters. The molecular weight excluding hydrogens is 258 g/mol. The van der Waals surface area contributed by atoms with E-state index in [0.29, 0.717) is 5.92 Å². The van der Waals surface area contributed by atoms with E-state index in [1.807, 2.05) is 36.4 Å². The third-order valence-electron chi connectivity index (χ3n) is 4.20. The fourth-order valence-electron chi connectivity index (χ4n) is 3.20.